The normalized spacial score (nSPS) is 14.2. The van der Waals surface area contributed by atoms with Crippen LogP contribution in [0.5, 0.6) is 0 Å². The molecule has 0 aliphatic heterocycles. The van der Waals surface area contributed by atoms with Gasteiger partial charge in [-0.2, -0.15) is 5.10 Å². The summed E-state index contributed by atoms with van der Waals surface area (Å²) in [6.07, 6.45) is 0.0217. The first-order chi connectivity index (χ1) is 8.25. The SMILES string of the molecule is CC(C)CC(O)c1nc(C(C)(C)C)nn1CCO. The summed E-state index contributed by atoms with van der Waals surface area (Å²) in [5.41, 5.74) is -0.160. The van der Waals surface area contributed by atoms with Gasteiger partial charge in [0.25, 0.3) is 0 Å². The molecule has 0 aliphatic rings. The van der Waals surface area contributed by atoms with Gasteiger partial charge in [0, 0.05) is 5.41 Å². The van der Waals surface area contributed by atoms with Crippen molar-refractivity contribution in [3.63, 3.8) is 0 Å². The van der Waals surface area contributed by atoms with Gasteiger partial charge >= 0.3 is 0 Å². The first-order valence-electron chi connectivity index (χ1n) is 6.49. The third kappa shape index (κ3) is 3.78. The van der Waals surface area contributed by atoms with Crippen molar-refractivity contribution in [2.45, 2.75) is 59.1 Å². The highest BCUT2D eigenvalue weighted by Gasteiger charge is 2.25. The van der Waals surface area contributed by atoms with E-state index in [9.17, 15) is 5.11 Å². The Bertz CT molecular complexity index is 380. The third-order valence-corrected chi connectivity index (χ3v) is 2.68. The number of nitrogens with zero attached hydrogens (tertiary/aromatic N) is 3. The van der Waals surface area contributed by atoms with Crippen LogP contribution in [0.2, 0.25) is 0 Å². The fourth-order valence-electron chi connectivity index (χ4n) is 1.73. The summed E-state index contributed by atoms with van der Waals surface area (Å²) in [6.45, 7) is 10.6. The molecule has 1 rings (SSSR count). The summed E-state index contributed by atoms with van der Waals surface area (Å²) in [6, 6.07) is 0. The fourth-order valence-corrected chi connectivity index (χ4v) is 1.73. The minimum Gasteiger partial charge on any atom is -0.394 e. The molecular formula is C13H25N3O2. The van der Waals surface area contributed by atoms with Gasteiger partial charge in [-0.05, 0) is 12.3 Å². The Kier molecular flexibility index (Phi) is 4.87. The van der Waals surface area contributed by atoms with Gasteiger partial charge in [-0.25, -0.2) is 9.67 Å². The molecule has 1 unspecified atom stereocenters. The van der Waals surface area contributed by atoms with E-state index in [1.165, 1.54) is 0 Å². The third-order valence-electron chi connectivity index (χ3n) is 2.68. The highest BCUT2D eigenvalue weighted by atomic mass is 16.3. The molecule has 0 aliphatic carbocycles. The van der Waals surface area contributed by atoms with Crippen molar-refractivity contribution in [2.24, 2.45) is 5.92 Å². The van der Waals surface area contributed by atoms with Crippen molar-refractivity contribution in [2.75, 3.05) is 6.61 Å². The predicted octanol–water partition coefficient (Wildman–Crippen LogP) is 1.65. The molecule has 0 fully saturated rings. The van der Waals surface area contributed by atoms with Crippen LogP contribution in [0.3, 0.4) is 0 Å². The molecule has 1 aromatic rings. The Hall–Kier alpha value is -0.940. The van der Waals surface area contributed by atoms with Gasteiger partial charge in [0.15, 0.2) is 11.6 Å². The van der Waals surface area contributed by atoms with Gasteiger partial charge in [-0.3, -0.25) is 0 Å². The van der Waals surface area contributed by atoms with Crippen molar-refractivity contribution in [3.05, 3.63) is 11.6 Å². The molecule has 0 bridgehead atoms. The van der Waals surface area contributed by atoms with Gasteiger partial charge in [0.1, 0.15) is 6.10 Å². The summed E-state index contributed by atoms with van der Waals surface area (Å²) in [7, 11) is 0. The maximum atomic E-state index is 10.2. The molecule has 2 N–H and O–H groups in total. The summed E-state index contributed by atoms with van der Waals surface area (Å²) >= 11 is 0. The number of hydrogen-bond donors (Lipinski definition) is 2. The molecule has 0 spiro atoms. The number of aliphatic hydroxyl groups excluding tert-OH is 2. The van der Waals surface area contributed by atoms with Crippen LogP contribution in [0.25, 0.3) is 0 Å². The zero-order valence-electron chi connectivity index (χ0n) is 12.0. The lowest BCUT2D eigenvalue weighted by Gasteiger charge is -2.13. The molecule has 0 saturated heterocycles. The number of aliphatic hydroxyl groups is 2. The summed E-state index contributed by atoms with van der Waals surface area (Å²) in [5, 5.41) is 23.6. The van der Waals surface area contributed by atoms with Crippen molar-refractivity contribution in [1.82, 2.24) is 14.8 Å². The largest absolute Gasteiger partial charge is 0.394 e. The summed E-state index contributed by atoms with van der Waals surface area (Å²) in [4.78, 5) is 4.44. The van der Waals surface area contributed by atoms with Crippen molar-refractivity contribution < 1.29 is 10.2 Å². The van der Waals surface area contributed by atoms with E-state index in [1.807, 2.05) is 20.8 Å². The molecule has 5 nitrogen and oxygen atoms in total. The topological polar surface area (TPSA) is 71.2 Å². The molecule has 5 heteroatoms. The van der Waals surface area contributed by atoms with Crippen LogP contribution in [-0.4, -0.2) is 31.6 Å². The lowest BCUT2D eigenvalue weighted by Crippen LogP contribution is -2.15. The molecule has 104 valence electrons. The monoisotopic (exact) mass is 255 g/mol. The van der Waals surface area contributed by atoms with Gasteiger partial charge in [0.05, 0.1) is 13.2 Å². The lowest BCUT2D eigenvalue weighted by atomic mass is 9.96. The molecule has 1 heterocycles. The highest BCUT2D eigenvalue weighted by Crippen LogP contribution is 2.24. The Morgan fingerprint density at radius 3 is 2.33 bits per heavy atom. The fraction of sp³-hybridized carbons (Fsp3) is 0.846. The second kappa shape index (κ2) is 5.80. The van der Waals surface area contributed by atoms with Gasteiger partial charge in [-0.15, -0.1) is 0 Å². The quantitative estimate of drug-likeness (QED) is 0.839. The zero-order chi connectivity index (χ0) is 13.9. The Morgan fingerprint density at radius 2 is 1.89 bits per heavy atom. The highest BCUT2D eigenvalue weighted by molar-refractivity contribution is 5.05. The first-order valence-corrected chi connectivity index (χ1v) is 6.49. The molecule has 0 radical (unpaired) electrons. The zero-order valence-corrected chi connectivity index (χ0v) is 12.0. The molecule has 0 amide bonds. The number of aromatic nitrogens is 3. The van der Waals surface area contributed by atoms with E-state index in [-0.39, 0.29) is 12.0 Å². The minimum atomic E-state index is -0.625. The smallest absolute Gasteiger partial charge is 0.156 e. The maximum absolute atomic E-state index is 10.2. The standard InChI is InChI=1S/C13H25N3O2/c1-9(2)8-10(18)11-14-12(13(3,4)5)15-16(11)6-7-17/h9-10,17-18H,6-8H2,1-5H3. The average molecular weight is 255 g/mol. The van der Waals surface area contributed by atoms with E-state index >= 15 is 0 Å². The average Bonchev–Trinajstić information content (AvgIpc) is 2.60. The minimum absolute atomic E-state index is 0.00561. The molecule has 0 aromatic carbocycles. The van der Waals surface area contributed by atoms with E-state index < -0.39 is 6.10 Å². The van der Waals surface area contributed by atoms with E-state index in [1.54, 1.807) is 4.68 Å². The predicted molar refractivity (Wildman–Crippen MR) is 70.2 cm³/mol. The van der Waals surface area contributed by atoms with Crippen molar-refractivity contribution in [1.29, 1.82) is 0 Å². The number of hydrogen-bond acceptors (Lipinski definition) is 4. The molecule has 18 heavy (non-hydrogen) atoms. The maximum Gasteiger partial charge on any atom is 0.156 e. The summed E-state index contributed by atoms with van der Waals surface area (Å²) < 4.78 is 1.62. The second-order valence-corrected chi connectivity index (χ2v) is 6.14. The van der Waals surface area contributed by atoms with Crippen LogP contribution < -0.4 is 0 Å². The van der Waals surface area contributed by atoms with Gasteiger partial charge in [0.2, 0.25) is 0 Å². The Labute approximate surface area is 109 Å². The van der Waals surface area contributed by atoms with Crippen LogP contribution in [0.4, 0.5) is 0 Å². The van der Waals surface area contributed by atoms with Crippen molar-refractivity contribution in [3.8, 4) is 0 Å². The second-order valence-electron chi connectivity index (χ2n) is 6.14. The molecule has 1 atom stereocenters. The molecule has 0 saturated carbocycles. The Balaban J connectivity index is 3.04. The van der Waals surface area contributed by atoms with Crippen LogP contribution >= 0.6 is 0 Å². The van der Waals surface area contributed by atoms with Crippen LogP contribution in [-0.2, 0) is 12.0 Å². The van der Waals surface area contributed by atoms with E-state index in [0.717, 1.165) is 0 Å². The first kappa shape index (κ1) is 15.1. The van der Waals surface area contributed by atoms with Gasteiger partial charge < -0.3 is 10.2 Å². The molecule has 1 aromatic heterocycles. The van der Waals surface area contributed by atoms with E-state index in [2.05, 4.69) is 23.9 Å². The van der Waals surface area contributed by atoms with Crippen LogP contribution in [0.1, 0.15) is 58.8 Å². The van der Waals surface area contributed by atoms with Crippen molar-refractivity contribution >= 4 is 0 Å². The summed E-state index contributed by atoms with van der Waals surface area (Å²) in [5.74, 6) is 1.65. The van der Waals surface area contributed by atoms with E-state index in [0.29, 0.717) is 30.5 Å². The Morgan fingerprint density at radius 1 is 1.28 bits per heavy atom. The molecular weight excluding hydrogens is 230 g/mol. The van der Waals surface area contributed by atoms with Crippen LogP contribution in [0, 0.1) is 5.92 Å². The lowest BCUT2D eigenvalue weighted by molar-refractivity contribution is 0.133. The van der Waals surface area contributed by atoms with Crippen LogP contribution in [0.15, 0.2) is 0 Å². The van der Waals surface area contributed by atoms with Gasteiger partial charge in [-0.1, -0.05) is 34.6 Å². The van der Waals surface area contributed by atoms with E-state index in [4.69, 9.17) is 5.11 Å². The number of rotatable bonds is 5.